The number of carbonyl (C=O) groups is 1. The Morgan fingerprint density at radius 3 is 2.65 bits per heavy atom. The second-order valence-corrected chi connectivity index (χ2v) is 4.98. The van der Waals surface area contributed by atoms with E-state index in [2.05, 4.69) is 5.32 Å². The van der Waals surface area contributed by atoms with E-state index < -0.39 is 5.54 Å². The Kier molecular flexibility index (Phi) is 5.95. The number of likely N-dealkylation sites (N-methyl/N-ethyl adjacent to an activating group) is 1. The Morgan fingerprint density at radius 2 is 2.10 bits per heavy atom. The molecule has 1 aromatic rings. The Bertz CT molecular complexity index is 453. The molecule has 0 aliphatic heterocycles. The number of methoxy groups -OCH3 is 1. The maximum atomic E-state index is 13.7. The number of para-hydroxylation sites is 1. The van der Waals surface area contributed by atoms with E-state index in [1.54, 1.807) is 30.0 Å². The summed E-state index contributed by atoms with van der Waals surface area (Å²) in [5.41, 5.74) is -0.237. The number of carbonyl (C=O) groups excluding carboxylic acids is 1. The maximum absolute atomic E-state index is 13.7. The van der Waals surface area contributed by atoms with Crippen LogP contribution in [0.2, 0.25) is 0 Å². The van der Waals surface area contributed by atoms with Gasteiger partial charge in [0, 0.05) is 13.6 Å². The number of halogens is 1. The standard InChI is InChI=1S/C15H23FN2O2/c1-5-17-15(2,14(19)20-4)10-11-18(3)13-9-7-6-8-12(13)16/h6-9,17H,5,10-11H2,1-4H3. The van der Waals surface area contributed by atoms with Crippen LogP contribution in [-0.2, 0) is 9.53 Å². The highest BCUT2D eigenvalue weighted by molar-refractivity contribution is 5.80. The normalized spacial score (nSPS) is 13.7. The monoisotopic (exact) mass is 282 g/mol. The van der Waals surface area contributed by atoms with Crippen LogP contribution in [0.15, 0.2) is 24.3 Å². The summed E-state index contributed by atoms with van der Waals surface area (Å²) in [6, 6.07) is 6.59. The highest BCUT2D eigenvalue weighted by atomic mass is 19.1. The van der Waals surface area contributed by atoms with Crippen molar-refractivity contribution in [1.29, 1.82) is 0 Å². The molecule has 20 heavy (non-hydrogen) atoms. The van der Waals surface area contributed by atoms with Gasteiger partial charge in [0.15, 0.2) is 0 Å². The fourth-order valence-electron chi connectivity index (χ4n) is 2.15. The summed E-state index contributed by atoms with van der Waals surface area (Å²) in [5, 5.41) is 3.14. The Labute approximate surface area is 119 Å². The van der Waals surface area contributed by atoms with E-state index in [0.717, 1.165) is 0 Å². The van der Waals surface area contributed by atoms with Crippen LogP contribution in [0.3, 0.4) is 0 Å². The minimum Gasteiger partial charge on any atom is -0.468 e. The number of nitrogens with one attached hydrogen (secondary N) is 1. The van der Waals surface area contributed by atoms with Crippen molar-refractivity contribution in [3.05, 3.63) is 30.1 Å². The summed E-state index contributed by atoms with van der Waals surface area (Å²) in [4.78, 5) is 13.7. The molecule has 0 aliphatic rings. The lowest BCUT2D eigenvalue weighted by Gasteiger charge is -2.30. The SMILES string of the molecule is CCNC(C)(CCN(C)c1ccccc1F)C(=O)OC. The molecule has 0 heterocycles. The second kappa shape index (κ2) is 7.24. The Hall–Kier alpha value is -1.62. The van der Waals surface area contributed by atoms with Crippen LogP contribution in [0, 0.1) is 5.82 Å². The van der Waals surface area contributed by atoms with Crippen molar-refractivity contribution >= 4 is 11.7 Å². The van der Waals surface area contributed by atoms with Gasteiger partial charge in [-0.05, 0) is 32.0 Å². The lowest BCUT2D eigenvalue weighted by molar-refractivity contribution is -0.148. The maximum Gasteiger partial charge on any atom is 0.325 e. The van der Waals surface area contributed by atoms with E-state index in [1.165, 1.54) is 13.2 Å². The van der Waals surface area contributed by atoms with Gasteiger partial charge in [-0.3, -0.25) is 4.79 Å². The molecule has 0 saturated carbocycles. The number of benzene rings is 1. The van der Waals surface area contributed by atoms with Gasteiger partial charge >= 0.3 is 5.97 Å². The lowest BCUT2D eigenvalue weighted by atomic mass is 9.97. The highest BCUT2D eigenvalue weighted by Gasteiger charge is 2.33. The zero-order valence-corrected chi connectivity index (χ0v) is 12.6. The quantitative estimate of drug-likeness (QED) is 0.778. The van der Waals surface area contributed by atoms with Crippen molar-refractivity contribution in [3.8, 4) is 0 Å². The zero-order valence-electron chi connectivity index (χ0n) is 12.6. The van der Waals surface area contributed by atoms with Gasteiger partial charge in [-0.1, -0.05) is 19.1 Å². The first-order valence-corrected chi connectivity index (χ1v) is 6.73. The molecule has 5 heteroatoms. The number of nitrogens with zero attached hydrogens (tertiary/aromatic N) is 1. The van der Waals surface area contributed by atoms with Crippen LogP contribution < -0.4 is 10.2 Å². The van der Waals surface area contributed by atoms with Gasteiger partial charge in [0.25, 0.3) is 0 Å². The molecule has 4 nitrogen and oxygen atoms in total. The van der Waals surface area contributed by atoms with Gasteiger partial charge in [0.2, 0.25) is 0 Å². The third kappa shape index (κ3) is 3.93. The van der Waals surface area contributed by atoms with Gasteiger partial charge in [-0.2, -0.15) is 0 Å². The minimum absolute atomic E-state index is 0.266. The molecule has 0 bridgehead atoms. The average Bonchev–Trinajstić information content (AvgIpc) is 2.44. The molecule has 1 aromatic carbocycles. The third-order valence-corrected chi connectivity index (χ3v) is 3.41. The molecule has 0 fully saturated rings. The van der Waals surface area contributed by atoms with Crippen molar-refractivity contribution < 1.29 is 13.9 Å². The van der Waals surface area contributed by atoms with E-state index in [1.807, 2.05) is 14.0 Å². The molecule has 1 unspecified atom stereocenters. The largest absolute Gasteiger partial charge is 0.468 e. The van der Waals surface area contributed by atoms with Crippen LogP contribution in [0.1, 0.15) is 20.3 Å². The summed E-state index contributed by atoms with van der Waals surface area (Å²) < 4.78 is 18.5. The molecular formula is C15H23FN2O2. The van der Waals surface area contributed by atoms with E-state index in [0.29, 0.717) is 25.2 Å². The van der Waals surface area contributed by atoms with Gasteiger partial charge < -0.3 is 15.0 Å². The highest BCUT2D eigenvalue weighted by Crippen LogP contribution is 2.19. The second-order valence-electron chi connectivity index (χ2n) is 4.98. The number of ether oxygens (including phenoxy) is 1. The molecule has 0 aliphatic carbocycles. The number of rotatable bonds is 7. The fourth-order valence-corrected chi connectivity index (χ4v) is 2.15. The number of hydrogen-bond acceptors (Lipinski definition) is 4. The van der Waals surface area contributed by atoms with Crippen LogP contribution in [0.4, 0.5) is 10.1 Å². The molecule has 1 rings (SSSR count). The van der Waals surface area contributed by atoms with Crippen LogP contribution in [0.25, 0.3) is 0 Å². The predicted octanol–water partition coefficient (Wildman–Crippen LogP) is 2.19. The molecule has 0 amide bonds. The van der Waals surface area contributed by atoms with Crippen LogP contribution in [-0.4, -0.2) is 38.8 Å². The number of anilines is 1. The van der Waals surface area contributed by atoms with Crippen molar-refractivity contribution in [2.75, 3.05) is 32.1 Å². The molecule has 1 N–H and O–H groups in total. The van der Waals surface area contributed by atoms with Crippen molar-refractivity contribution in [2.24, 2.45) is 0 Å². The fraction of sp³-hybridized carbons (Fsp3) is 0.533. The molecule has 112 valence electrons. The molecule has 0 aromatic heterocycles. The van der Waals surface area contributed by atoms with Crippen molar-refractivity contribution in [1.82, 2.24) is 5.32 Å². The first-order valence-electron chi connectivity index (χ1n) is 6.73. The predicted molar refractivity (Wildman–Crippen MR) is 78.4 cm³/mol. The minimum atomic E-state index is -0.761. The average molecular weight is 282 g/mol. The molecule has 0 saturated heterocycles. The van der Waals surface area contributed by atoms with E-state index in [4.69, 9.17) is 4.74 Å². The topological polar surface area (TPSA) is 41.6 Å². The van der Waals surface area contributed by atoms with E-state index in [-0.39, 0.29) is 11.8 Å². The number of hydrogen-bond donors (Lipinski definition) is 1. The number of esters is 1. The summed E-state index contributed by atoms with van der Waals surface area (Å²) in [5.74, 6) is -0.570. The first-order chi connectivity index (χ1) is 9.44. The zero-order chi connectivity index (χ0) is 15.2. The Balaban J connectivity index is 2.73. The van der Waals surface area contributed by atoms with Crippen molar-refractivity contribution in [3.63, 3.8) is 0 Å². The smallest absolute Gasteiger partial charge is 0.325 e. The van der Waals surface area contributed by atoms with Gasteiger partial charge in [0.1, 0.15) is 11.4 Å². The van der Waals surface area contributed by atoms with E-state index in [9.17, 15) is 9.18 Å². The molecule has 0 spiro atoms. The third-order valence-electron chi connectivity index (χ3n) is 3.41. The Morgan fingerprint density at radius 1 is 1.45 bits per heavy atom. The summed E-state index contributed by atoms with van der Waals surface area (Å²) in [7, 11) is 3.18. The summed E-state index contributed by atoms with van der Waals surface area (Å²) in [6.45, 7) is 4.94. The van der Waals surface area contributed by atoms with Crippen LogP contribution in [0.5, 0.6) is 0 Å². The van der Waals surface area contributed by atoms with Crippen LogP contribution >= 0.6 is 0 Å². The summed E-state index contributed by atoms with van der Waals surface area (Å²) >= 11 is 0. The molecule has 1 atom stereocenters. The molecular weight excluding hydrogens is 259 g/mol. The first kappa shape index (κ1) is 16.4. The van der Waals surface area contributed by atoms with Crippen molar-refractivity contribution in [2.45, 2.75) is 25.8 Å². The van der Waals surface area contributed by atoms with E-state index >= 15 is 0 Å². The van der Waals surface area contributed by atoms with Gasteiger partial charge in [-0.15, -0.1) is 0 Å². The lowest BCUT2D eigenvalue weighted by Crippen LogP contribution is -2.51. The summed E-state index contributed by atoms with van der Waals surface area (Å²) in [6.07, 6.45) is 0.526. The van der Waals surface area contributed by atoms with Gasteiger partial charge in [-0.25, -0.2) is 4.39 Å². The molecule has 0 radical (unpaired) electrons. The van der Waals surface area contributed by atoms with Gasteiger partial charge in [0.05, 0.1) is 12.8 Å².